The third-order valence-electron chi connectivity index (χ3n) is 6.23. The normalized spacial score (nSPS) is 11.7. The average molecular weight is 457 g/mol. The first-order chi connectivity index (χ1) is 17.2. The maximum absolute atomic E-state index is 13.6. The first-order valence-corrected chi connectivity index (χ1v) is 11.2. The molecule has 0 radical (unpaired) electrons. The van der Waals surface area contributed by atoms with Crippen molar-refractivity contribution >= 4 is 39.0 Å². The van der Waals surface area contributed by atoms with Crippen LogP contribution in [0, 0.1) is 19.3 Å². The monoisotopic (exact) mass is 456 g/mol. The maximum atomic E-state index is 13.6. The molecule has 0 aliphatic heterocycles. The van der Waals surface area contributed by atoms with Crippen molar-refractivity contribution in [3.63, 3.8) is 0 Å². The van der Waals surface area contributed by atoms with Gasteiger partial charge in [-0.2, -0.15) is 9.78 Å². The van der Waals surface area contributed by atoms with E-state index < -0.39 is 0 Å². The van der Waals surface area contributed by atoms with E-state index in [2.05, 4.69) is 15.6 Å². The molecule has 0 spiro atoms. The van der Waals surface area contributed by atoms with Crippen LogP contribution in [-0.4, -0.2) is 20.4 Å². The van der Waals surface area contributed by atoms with Gasteiger partial charge >= 0.3 is 0 Å². The molecule has 0 saturated carbocycles. The van der Waals surface area contributed by atoms with Gasteiger partial charge in [-0.15, -0.1) is 6.42 Å². The maximum Gasteiger partial charge on any atom is 0.282 e. The molecule has 3 aromatic heterocycles. The highest BCUT2D eigenvalue weighted by Crippen LogP contribution is 2.28. The second kappa shape index (κ2) is 8.15. The number of hydrogen-bond acceptors (Lipinski definition) is 4. The molecule has 0 N–H and O–H groups in total. The summed E-state index contributed by atoms with van der Waals surface area (Å²) in [5, 5.41) is 7.07. The molecule has 0 saturated heterocycles. The fourth-order valence-electron chi connectivity index (χ4n) is 4.51. The Morgan fingerprint density at radius 1 is 1.03 bits per heavy atom. The Hall–Kier alpha value is -4.89. The Kier molecular flexibility index (Phi) is 4.82. The summed E-state index contributed by atoms with van der Waals surface area (Å²) in [5.74, 6) is 3.53. The number of para-hydroxylation sites is 3. The van der Waals surface area contributed by atoms with Gasteiger partial charge in [-0.1, -0.05) is 54.5 Å². The molecule has 3 aromatic carbocycles. The highest BCUT2D eigenvalue weighted by molar-refractivity contribution is 6.01. The van der Waals surface area contributed by atoms with Gasteiger partial charge in [-0.3, -0.25) is 4.79 Å². The molecule has 3 heterocycles. The summed E-state index contributed by atoms with van der Waals surface area (Å²) in [6.07, 6.45) is 7.32. The number of benzene rings is 3. The van der Waals surface area contributed by atoms with Crippen molar-refractivity contribution in [1.29, 1.82) is 0 Å². The van der Waals surface area contributed by atoms with Gasteiger partial charge in [0.15, 0.2) is 5.76 Å². The summed E-state index contributed by atoms with van der Waals surface area (Å²) < 4.78 is 9.44. The topological polar surface area (TPSA) is 65.3 Å². The van der Waals surface area contributed by atoms with E-state index in [4.69, 9.17) is 15.8 Å². The minimum Gasteiger partial charge on any atom is -0.453 e. The van der Waals surface area contributed by atoms with Crippen LogP contribution in [0.2, 0.25) is 0 Å². The molecule has 6 heteroatoms. The lowest BCUT2D eigenvalue weighted by Gasteiger charge is -2.07. The van der Waals surface area contributed by atoms with E-state index in [1.807, 2.05) is 79.7 Å². The lowest BCUT2D eigenvalue weighted by atomic mass is 10.1. The van der Waals surface area contributed by atoms with Gasteiger partial charge in [0.25, 0.3) is 5.56 Å². The van der Waals surface area contributed by atoms with Gasteiger partial charge in [0.05, 0.1) is 23.7 Å². The number of hydrogen-bond donors (Lipinski definition) is 0. The Balaban J connectivity index is 1.60. The van der Waals surface area contributed by atoms with Crippen LogP contribution in [0.25, 0.3) is 44.4 Å². The van der Waals surface area contributed by atoms with Gasteiger partial charge in [-0.05, 0) is 37.3 Å². The van der Waals surface area contributed by atoms with E-state index in [0.717, 1.165) is 27.5 Å². The number of terminal acetylenes is 1. The fourth-order valence-corrected chi connectivity index (χ4v) is 4.51. The zero-order valence-electron chi connectivity index (χ0n) is 19.0. The molecule has 0 bridgehead atoms. The molecule has 0 aliphatic rings. The Morgan fingerprint density at radius 2 is 1.77 bits per heavy atom. The molecule has 168 valence electrons. The second-order valence-electron chi connectivity index (χ2n) is 8.27. The van der Waals surface area contributed by atoms with Crippen LogP contribution in [0.4, 0.5) is 0 Å². The molecule has 6 aromatic rings. The smallest absolute Gasteiger partial charge is 0.282 e. The molecule has 0 unspecified atom stereocenters. The van der Waals surface area contributed by atoms with E-state index in [-0.39, 0.29) is 5.56 Å². The highest BCUT2D eigenvalue weighted by atomic mass is 16.3. The van der Waals surface area contributed by atoms with E-state index >= 15 is 0 Å². The van der Waals surface area contributed by atoms with Crippen LogP contribution in [-0.2, 0) is 6.54 Å². The van der Waals surface area contributed by atoms with Crippen molar-refractivity contribution in [2.24, 2.45) is 5.10 Å². The summed E-state index contributed by atoms with van der Waals surface area (Å²) in [6, 6.07) is 24.8. The van der Waals surface area contributed by atoms with E-state index in [1.165, 1.54) is 4.68 Å². The van der Waals surface area contributed by atoms with Crippen LogP contribution < -0.4 is 5.56 Å². The second-order valence-corrected chi connectivity index (χ2v) is 8.27. The molecule has 0 atom stereocenters. The Labute approximate surface area is 200 Å². The minimum absolute atomic E-state index is 0.271. The molecule has 0 aliphatic carbocycles. The summed E-state index contributed by atoms with van der Waals surface area (Å²) in [7, 11) is 0. The number of rotatable bonds is 4. The summed E-state index contributed by atoms with van der Waals surface area (Å²) >= 11 is 0. The highest BCUT2D eigenvalue weighted by Gasteiger charge is 2.17. The van der Waals surface area contributed by atoms with Gasteiger partial charge in [0.2, 0.25) is 5.82 Å². The van der Waals surface area contributed by atoms with Crippen molar-refractivity contribution in [3.05, 3.63) is 100 Å². The number of aromatic nitrogens is 3. The lowest BCUT2D eigenvalue weighted by Crippen LogP contribution is -2.20. The Bertz CT molecular complexity index is 1850. The summed E-state index contributed by atoms with van der Waals surface area (Å²) in [5.41, 5.74) is 3.92. The van der Waals surface area contributed by atoms with Gasteiger partial charge < -0.3 is 8.98 Å². The number of furan rings is 1. The quantitative estimate of drug-likeness (QED) is 0.257. The third-order valence-corrected chi connectivity index (χ3v) is 6.23. The zero-order valence-corrected chi connectivity index (χ0v) is 19.0. The van der Waals surface area contributed by atoms with Gasteiger partial charge in [0.1, 0.15) is 5.58 Å². The molecule has 0 amide bonds. The van der Waals surface area contributed by atoms with Crippen molar-refractivity contribution in [3.8, 4) is 23.9 Å². The van der Waals surface area contributed by atoms with E-state index in [9.17, 15) is 4.79 Å². The van der Waals surface area contributed by atoms with Crippen molar-refractivity contribution < 1.29 is 4.42 Å². The first kappa shape index (κ1) is 20.7. The Morgan fingerprint density at radius 3 is 2.60 bits per heavy atom. The molecule has 6 rings (SSSR count). The van der Waals surface area contributed by atoms with E-state index in [1.54, 1.807) is 12.3 Å². The van der Waals surface area contributed by atoms with Crippen LogP contribution in [0.1, 0.15) is 11.3 Å². The van der Waals surface area contributed by atoms with Crippen LogP contribution in [0.3, 0.4) is 0 Å². The fraction of sp³-hybridized carbons (Fsp3) is 0.0690. The summed E-state index contributed by atoms with van der Waals surface area (Å²) in [6.45, 7) is 2.45. The number of fused-ring (bicyclic) bond motifs is 3. The van der Waals surface area contributed by atoms with Crippen molar-refractivity contribution in [1.82, 2.24) is 14.2 Å². The summed E-state index contributed by atoms with van der Waals surface area (Å²) in [4.78, 5) is 18.3. The largest absolute Gasteiger partial charge is 0.453 e. The van der Waals surface area contributed by atoms with E-state index in [0.29, 0.717) is 34.6 Å². The van der Waals surface area contributed by atoms with Crippen molar-refractivity contribution in [2.75, 3.05) is 0 Å². The number of nitrogens with zero attached hydrogens (tertiary/aromatic N) is 4. The molecule has 0 fully saturated rings. The predicted octanol–water partition coefficient (Wildman–Crippen LogP) is 5.59. The molecular weight excluding hydrogens is 436 g/mol. The zero-order chi connectivity index (χ0) is 23.9. The van der Waals surface area contributed by atoms with Gasteiger partial charge in [-0.25, -0.2) is 4.98 Å². The van der Waals surface area contributed by atoms with Crippen molar-refractivity contribution in [2.45, 2.75) is 13.5 Å². The first-order valence-electron chi connectivity index (χ1n) is 11.2. The SMILES string of the molecule is C#CCn1c(C)c(C=Nn2c(-c3cc4ccccc4o3)nc3ccccc3c2=O)c2ccccc21. The molecule has 6 nitrogen and oxygen atoms in total. The average Bonchev–Trinajstić information content (AvgIpc) is 3.43. The predicted molar refractivity (Wildman–Crippen MR) is 140 cm³/mol. The molecular formula is C29H20N4O2. The standard InChI is InChI=1S/C29H20N4O2/c1-3-16-32-19(2)23(21-11-6-8-14-25(21)32)18-30-33-28(27-17-20-10-4-9-15-26(20)35-27)31-24-13-7-5-12-22(24)29(33)34/h1,4-15,17-18H,16H2,2H3. The third kappa shape index (κ3) is 3.33. The lowest BCUT2D eigenvalue weighted by molar-refractivity contribution is 0.616. The van der Waals surface area contributed by atoms with Crippen LogP contribution in [0.5, 0.6) is 0 Å². The van der Waals surface area contributed by atoms with Crippen LogP contribution >= 0.6 is 0 Å². The van der Waals surface area contributed by atoms with Crippen LogP contribution in [0.15, 0.2) is 93.2 Å². The minimum atomic E-state index is -0.271. The van der Waals surface area contributed by atoms with Gasteiger partial charge in [0, 0.05) is 27.5 Å². The molecule has 35 heavy (non-hydrogen) atoms.